The van der Waals surface area contributed by atoms with Crippen molar-refractivity contribution in [3.8, 4) is 0 Å². The maximum absolute atomic E-state index is 11.8. The molecule has 22 heavy (non-hydrogen) atoms. The second-order valence-electron chi connectivity index (χ2n) is 6.64. The SMILES string of the molecule is C[C@]12/C=C3/OC(=O)C(CO)=C3[C@@H](O)C[C@@](C)(O)[C@](O)(CC1)O2. The lowest BCUT2D eigenvalue weighted by Crippen LogP contribution is -2.54. The van der Waals surface area contributed by atoms with Gasteiger partial charge in [-0.2, -0.15) is 0 Å². The first kappa shape index (κ1) is 15.6. The highest BCUT2D eigenvalue weighted by molar-refractivity contribution is 5.95. The van der Waals surface area contributed by atoms with Crippen molar-refractivity contribution in [3.63, 3.8) is 0 Å². The maximum atomic E-state index is 11.8. The van der Waals surface area contributed by atoms with E-state index in [2.05, 4.69) is 0 Å². The molecule has 4 N–H and O–H groups in total. The predicted octanol–water partition coefficient (Wildman–Crippen LogP) is -0.511. The molecule has 0 aromatic rings. The fourth-order valence-electron chi connectivity index (χ4n) is 3.40. The van der Waals surface area contributed by atoms with E-state index in [1.54, 1.807) is 6.92 Å². The van der Waals surface area contributed by atoms with Gasteiger partial charge < -0.3 is 29.9 Å². The molecule has 1 saturated heterocycles. The maximum Gasteiger partial charge on any atom is 0.342 e. The number of esters is 1. The van der Waals surface area contributed by atoms with Gasteiger partial charge in [0.25, 0.3) is 0 Å². The minimum atomic E-state index is -1.80. The van der Waals surface area contributed by atoms with Crippen molar-refractivity contribution < 1.29 is 34.7 Å². The Kier molecular flexibility index (Phi) is 3.29. The molecule has 0 aliphatic carbocycles. The summed E-state index contributed by atoms with van der Waals surface area (Å²) in [4.78, 5) is 11.8. The summed E-state index contributed by atoms with van der Waals surface area (Å²) >= 11 is 0. The summed E-state index contributed by atoms with van der Waals surface area (Å²) in [7, 11) is 0. The van der Waals surface area contributed by atoms with Crippen molar-refractivity contribution in [1.29, 1.82) is 0 Å². The molecule has 0 radical (unpaired) electrons. The van der Waals surface area contributed by atoms with E-state index in [4.69, 9.17) is 9.47 Å². The van der Waals surface area contributed by atoms with Gasteiger partial charge in [-0.3, -0.25) is 0 Å². The molecule has 3 rings (SSSR count). The lowest BCUT2D eigenvalue weighted by Gasteiger charge is -2.39. The van der Waals surface area contributed by atoms with Crippen LogP contribution < -0.4 is 0 Å². The zero-order valence-corrected chi connectivity index (χ0v) is 12.5. The summed E-state index contributed by atoms with van der Waals surface area (Å²) in [5.41, 5.74) is -2.57. The molecule has 0 unspecified atom stereocenters. The van der Waals surface area contributed by atoms with Crippen molar-refractivity contribution in [2.75, 3.05) is 6.61 Å². The lowest BCUT2D eigenvalue weighted by atomic mass is 9.83. The average Bonchev–Trinajstić information content (AvgIpc) is 2.87. The van der Waals surface area contributed by atoms with Crippen LogP contribution in [0.2, 0.25) is 0 Å². The van der Waals surface area contributed by atoms with Crippen LogP contribution in [0, 0.1) is 0 Å². The van der Waals surface area contributed by atoms with E-state index < -0.39 is 35.7 Å². The zero-order chi connectivity index (χ0) is 16.3. The van der Waals surface area contributed by atoms with E-state index in [-0.39, 0.29) is 29.7 Å². The van der Waals surface area contributed by atoms with Gasteiger partial charge in [-0.25, -0.2) is 4.79 Å². The van der Waals surface area contributed by atoms with E-state index in [9.17, 15) is 25.2 Å². The van der Waals surface area contributed by atoms with Crippen molar-refractivity contribution in [2.24, 2.45) is 0 Å². The van der Waals surface area contributed by atoms with E-state index in [0.717, 1.165) is 0 Å². The molecule has 4 atom stereocenters. The predicted molar refractivity (Wildman–Crippen MR) is 73.2 cm³/mol. The van der Waals surface area contributed by atoms with E-state index in [1.165, 1.54) is 13.0 Å². The van der Waals surface area contributed by atoms with Crippen LogP contribution >= 0.6 is 0 Å². The molecule has 7 heteroatoms. The van der Waals surface area contributed by atoms with Crippen LogP contribution in [0.15, 0.2) is 23.0 Å². The summed E-state index contributed by atoms with van der Waals surface area (Å²) in [6.45, 7) is 2.50. The number of carbonyl (C=O) groups excluding carboxylic acids is 1. The smallest absolute Gasteiger partial charge is 0.342 e. The topological polar surface area (TPSA) is 116 Å². The van der Waals surface area contributed by atoms with Gasteiger partial charge in [0.15, 0.2) is 5.79 Å². The van der Waals surface area contributed by atoms with Crippen LogP contribution in [0.1, 0.15) is 33.1 Å². The Morgan fingerprint density at radius 2 is 2.00 bits per heavy atom. The Bertz CT molecular complexity index is 591. The van der Waals surface area contributed by atoms with Gasteiger partial charge in [0.2, 0.25) is 0 Å². The van der Waals surface area contributed by atoms with E-state index in [1.807, 2.05) is 0 Å². The van der Waals surface area contributed by atoms with Crippen molar-refractivity contribution in [1.82, 2.24) is 0 Å². The molecule has 0 aromatic heterocycles. The number of ether oxygens (including phenoxy) is 2. The quantitative estimate of drug-likeness (QED) is 0.482. The molecular formula is C15H20O7. The molecule has 7 nitrogen and oxygen atoms in total. The first-order valence-corrected chi connectivity index (χ1v) is 7.23. The van der Waals surface area contributed by atoms with Crippen molar-refractivity contribution in [3.05, 3.63) is 23.0 Å². The van der Waals surface area contributed by atoms with E-state index in [0.29, 0.717) is 6.42 Å². The molecule has 0 saturated carbocycles. The first-order chi connectivity index (χ1) is 10.1. The Morgan fingerprint density at radius 3 is 2.64 bits per heavy atom. The molecule has 3 aliphatic heterocycles. The Hall–Kier alpha value is -1.25. The molecule has 0 aromatic carbocycles. The molecule has 1 fully saturated rings. The molecule has 3 aliphatic rings. The third kappa shape index (κ3) is 2.12. The van der Waals surface area contributed by atoms with Crippen LogP contribution in [-0.2, 0) is 14.3 Å². The number of hydrogen-bond acceptors (Lipinski definition) is 7. The number of fused-ring (bicyclic) bond motifs is 3. The van der Waals surface area contributed by atoms with Crippen LogP contribution in [-0.4, -0.2) is 56.1 Å². The summed E-state index contributed by atoms with van der Waals surface area (Å²) in [6, 6.07) is 0. The standard InChI is InChI=1S/C15H20O7/c1-13-3-4-15(20,22-13)14(2,19)5-9(17)11-8(7-16)12(18)21-10(11)6-13/h6,9,16-17,19-20H,3-5,7H2,1-2H3/b10-6+/t9-,13+,14+,15-/m0/s1. The molecule has 0 spiro atoms. The second kappa shape index (κ2) is 4.62. The highest BCUT2D eigenvalue weighted by Gasteiger charge is 2.57. The van der Waals surface area contributed by atoms with Gasteiger partial charge in [0, 0.05) is 18.4 Å². The minimum absolute atomic E-state index is 0.0390. The van der Waals surface area contributed by atoms with Crippen LogP contribution in [0.25, 0.3) is 0 Å². The van der Waals surface area contributed by atoms with Gasteiger partial charge >= 0.3 is 5.97 Å². The van der Waals surface area contributed by atoms with Crippen molar-refractivity contribution >= 4 is 5.97 Å². The zero-order valence-electron chi connectivity index (χ0n) is 12.5. The highest BCUT2D eigenvalue weighted by Crippen LogP contribution is 2.48. The number of carbonyl (C=O) groups is 1. The number of rotatable bonds is 1. The molecule has 2 bridgehead atoms. The molecular weight excluding hydrogens is 292 g/mol. The average molecular weight is 312 g/mol. The van der Waals surface area contributed by atoms with Crippen LogP contribution in [0.3, 0.4) is 0 Å². The largest absolute Gasteiger partial charge is 0.423 e. The summed E-state index contributed by atoms with van der Waals surface area (Å²) in [6.07, 6.45) is 0.592. The second-order valence-corrected chi connectivity index (χ2v) is 6.64. The fourth-order valence-corrected chi connectivity index (χ4v) is 3.40. The van der Waals surface area contributed by atoms with Crippen LogP contribution in [0.4, 0.5) is 0 Å². The Balaban J connectivity index is 2.17. The van der Waals surface area contributed by atoms with Crippen LogP contribution in [0.5, 0.6) is 0 Å². The third-order valence-electron chi connectivity index (χ3n) is 4.76. The van der Waals surface area contributed by atoms with Gasteiger partial charge in [-0.15, -0.1) is 0 Å². The Labute approximate surface area is 127 Å². The van der Waals surface area contributed by atoms with E-state index >= 15 is 0 Å². The number of hydrogen-bond donors (Lipinski definition) is 4. The fraction of sp³-hybridized carbons (Fsp3) is 0.667. The summed E-state index contributed by atoms with van der Waals surface area (Å²) < 4.78 is 10.8. The highest BCUT2D eigenvalue weighted by atomic mass is 16.7. The van der Waals surface area contributed by atoms with Gasteiger partial charge in [0.05, 0.1) is 23.9 Å². The lowest BCUT2D eigenvalue weighted by molar-refractivity contribution is -0.297. The number of aliphatic hydroxyl groups excluding tert-OH is 2. The monoisotopic (exact) mass is 312 g/mol. The van der Waals surface area contributed by atoms with Gasteiger partial charge in [-0.1, -0.05) is 0 Å². The molecule has 0 amide bonds. The summed E-state index contributed by atoms with van der Waals surface area (Å²) in [5.74, 6) is -2.41. The normalized spacial score (nSPS) is 47.3. The van der Waals surface area contributed by atoms with Gasteiger partial charge in [0.1, 0.15) is 11.4 Å². The minimum Gasteiger partial charge on any atom is -0.423 e. The molecule has 122 valence electrons. The third-order valence-corrected chi connectivity index (χ3v) is 4.76. The number of aliphatic hydroxyl groups is 4. The summed E-state index contributed by atoms with van der Waals surface area (Å²) in [5, 5.41) is 41.0. The Morgan fingerprint density at radius 1 is 1.32 bits per heavy atom. The van der Waals surface area contributed by atoms with Gasteiger partial charge in [-0.05, 0) is 26.3 Å². The molecule has 3 heterocycles. The van der Waals surface area contributed by atoms with Crippen molar-refractivity contribution in [2.45, 2.75) is 56.2 Å². The first-order valence-electron chi connectivity index (χ1n) is 7.23.